The molecule has 11 heteroatoms. The summed E-state index contributed by atoms with van der Waals surface area (Å²) >= 11 is 0. The van der Waals surface area contributed by atoms with E-state index in [1.807, 2.05) is 24.3 Å². The molecule has 0 spiro atoms. The first-order valence-corrected chi connectivity index (χ1v) is 15.9. The zero-order chi connectivity index (χ0) is 28.8. The highest BCUT2D eigenvalue weighted by Gasteiger charge is 2.47. The van der Waals surface area contributed by atoms with Crippen LogP contribution in [0.3, 0.4) is 0 Å². The fourth-order valence-corrected chi connectivity index (χ4v) is 7.22. The molecule has 3 N–H and O–H groups in total. The maximum atomic E-state index is 14.8. The minimum Gasteiger partial charge on any atom is -0.368 e. The second-order valence-electron chi connectivity index (χ2n) is 11.4. The van der Waals surface area contributed by atoms with E-state index in [-0.39, 0.29) is 23.4 Å². The molecule has 1 saturated heterocycles. The lowest BCUT2D eigenvalue weighted by Crippen LogP contribution is -2.42. The molecule has 3 aromatic rings. The van der Waals surface area contributed by atoms with Crippen LogP contribution in [0.15, 0.2) is 48.7 Å². The summed E-state index contributed by atoms with van der Waals surface area (Å²) in [5.74, 6) is -1.31. The monoisotopic (exact) mass is 581 g/mol. The van der Waals surface area contributed by atoms with Crippen molar-refractivity contribution < 1.29 is 22.7 Å². The summed E-state index contributed by atoms with van der Waals surface area (Å²) in [5, 5.41) is 17.3. The van der Waals surface area contributed by atoms with Crippen LogP contribution in [0.25, 0.3) is 16.8 Å². The average molecular weight is 582 g/mol. The Morgan fingerprint density at radius 3 is 2.46 bits per heavy atom. The lowest BCUT2D eigenvalue weighted by molar-refractivity contribution is -0.127. The highest BCUT2D eigenvalue weighted by atomic mass is 32.3. The van der Waals surface area contributed by atoms with Gasteiger partial charge in [-0.3, -0.25) is 13.9 Å². The van der Waals surface area contributed by atoms with Gasteiger partial charge in [0.25, 0.3) is 0 Å². The SMILES string of the molecule is N#CC1(NC(=O)[C@@H]2CCCC[C@H]2c2nn(-c3cc(F)ccc3F)cc2-c2ccc(N3CCS(O)(O)CC3)cc2)CC1. The molecule has 0 radical (unpaired) electrons. The molecule has 41 heavy (non-hydrogen) atoms. The minimum absolute atomic E-state index is 0.0142. The third-order valence-electron chi connectivity index (χ3n) is 8.60. The first-order valence-electron chi connectivity index (χ1n) is 14.0. The highest BCUT2D eigenvalue weighted by Crippen LogP contribution is 2.44. The zero-order valence-electron chi connectivity index (χ0n) is 22.6. The molecule has 2 saturated carbocycles. The molecule has 1 aliphatic heterocycles. The van der Waals surface area contributed by atoms with E-state index in [0.29, 0.717) is 56.0 Å². The Hall–Kier alpha value is -3.46. The van der Waals surface area contributed by atoms with E-state index < -0.39 is 27.8 Å². The first kappa shape index (κ1) is 27.7. The summed E-state index contributed by atoms with van der Waals surface area (Å²) in [6, 6.07) is 13.3. The fraction of sp³-hybridized carbons (Fsp3) is 0.433. The lowest BCUT2D eigenvalue weighted by Gasteiger charge is -2.41. The molecule has 0 unspecified atom stereocenters. The smallest absolute Gasteiger partial charge is 0.225 e. The predicted octanol–water partition coefficient (Wildman–Crippen LogP) is 5.83. The molecule has 1 amide bonds. The average Bonchev–Trinajstić information content (AvgIpc) is 3.61. The maximum absolute atomic E-state index is 14.8. The molecule has 1 aromatic heterocycles. The van der Waals surface area contributed by atoms with Crippen LogP contribution >= 0.6 is 10.6 Å². The number of nitriles is 1. The predicted molar refractivity (Wildman–Crippen MR) is 154 cm³/mol. The Bertz CT molecular complexity index is 1490. The van der Waals surface area contributed by atoms with E-state index in [1.54, 1.807) is 6.20 Å². The standard InChI is InChI=1S/C30H33F2N5O3S/c31-21-7-10-26(32)27(17-21)37-18-25(20-5-8-22(9-6-20)36-13-15-41(39,40)16-14-36)28(35-37)23-3-1-2-4-24(23)29(38)34-30(19-33)11-12-30/h5-10,17-18,23-24,39-40H,1-4,11-16H2,(H,34,38)/t23-,24-/m1/s1. The summed E-state index contributed by atoms with van der Waals surface area (Å²) < 4.78 is 50.3. The topological polar surface area (TPSA) is 114 Å². The Kier molecular flexibility index (Phi) is 7.26. The normalized spacial score (nSPS) is 23.8. The number of carbonyl (C=O) groups excluding carboxylic acids is 1. The second kappa shape index (κ2) is 10.7. The molecule has 3 fully saturated rings. The number of amides is 1. The van der Waals surface area contributed by atoms with Gasteiger partial charge >= 0.3 is 0 Å². The van der Waals surface area contributed by atoms with Crippen molar-refractivity contribution in [3.63, 3.8) is 0 Å². The van der Waals surface area contributed by atoms with Gasteiger partial charge in [-0.25, -0.2) is 13.5 Å². The highest BCUT2D eigenvalue weighted by molar-refractivity contribution is 8.24. The van der Waals surface area contributed by atoms with Gasteiger partial charge in [0, 0.05) is 48.4 Å². The summed E-state index contributed by atoms with van der Waals surface area (Å²) in [6.45, 7) is 1.10. The molecule has 2 aromatic carbocycles. The van der Waals surface area contributed by atoms with Crippen LogP contribution in [-0.2, 0) is 4.79 Å². The van der Waals surface area contributed by atoms with Gasteiger partial charge in [-0.1, -0.05) is 25.0 Å². The van der Waals surface area contributed by atoms with Crippen molar-refractivity contribution in [2.24, 2.45) is 5.92 Å². The number of hydrogen-bond donors (Lipinski definition) is 3. The van der Waals surface area contributed by atoms with Gasteiger partial charge in [-0.2, -0.15) is 21.0 Å². The Labute approximate surface area is 239 Å². The second-order valence-corrected chi connectivity index (χ2v) is 13.8. The third kappa shape index (κ3) is 5.69. The number of carbonyl (C=O) groups is 1. The van der Waals surface area contributed by atoms with Crippen molar-refractivity contribution >= 4 is 22.2 Å². The lowest BCUT2D eigenvalue weighted by atomic mass is 9.75. The van der Waals surface area contributed by atoms with E-state index in [0.717, 1.165) is 47.9 Å². The molecule has 2 atom stereocenters. The summed E-state index contributed by atoms with van der Waals surface area (Å²) in [4.78, 5) is 15.5. The van der Waals surface area contributed by atoms with Gasteiger partial charge in [-0.05, 0) is 55.5 Å². The van der Waals surface area contributed by atoms with Crippen LogP contribution in [0, 0.1) is 28.9 Å². The molecule has 8 nitrogen and oxygen atoms in total. The number of hydrogen-bond acceptors (Lipinski definition) is 6. The number of nitrogens with zero attached hydrogens (tertiary/aromatic N) is 4. The largest absolute Gasteiger partial charge is 0.368 e. The van der Waals surface area contributed by atoms with Gasteiger partial charge < -0.3 is 10.2 Å². The van der Waals surface area contributed by atoms with Gasteiger partial charge in [0.1, 0.15) is 22.9 Å². The van der Waals surface area contributed by atoms with Crippen LogP contribution in [0.1, 0.15) is 50.1 Å². The maximum Gasteiger partial charge on any atom is 0.225 e. The Morgan fingerprint density at radius 1 is 1.07 bits per heavy atom. The van der Waals surface area contributed by atoms with Crippen LogP contribution < -0.4 is 10.2 Å². The number of nitrogens with one attached hydrogen (secondary N) is 1. The first-order chi connectivity index (χ1) is 19.7. The molecule has 3 aliphatic rings. The zero-order valence-corrected chi connectivity index (χ0v) is 23.4. The van der Waals surface area contributed by atoms with Crippen LogP contribution in [0.2, 0.25) is 0 Å². The van der Waals surface area contributed by atoms with Gasteiger partial charge in [0.2, 0.25) is 5.91 Å². The van der Waals surface area contributed by atoms with Gasteiger partial charge in [0.15, 0.2) is 0 Å². The van der Waals surface area contributed by atoms with Crippen LogP contribution in [0.5, 0.6) is 0 Å². The molecule has 0 bridgehead atoms. The van der Waals surface area contributed by atoms with E-state index in [9.17, 15) is 27.9 Å². The summed E-state index contributed by atoms with van der Waals surface area (Å²) in [6.07, 6.45) is 6.15. The number of halogens is 2. The van der Waals surface area contributed by atoms with E-state index in [4.69, 9.17) is 5.10 Å². The Balaban J connectivity index is 1.36. The molecule has 2 aliphatic carbocycles. The molecular formula is C30H33F2N5O3S. The molecule has 2 heterocycles. The van der Waals surface area contributed by atoms with E-state index >= 15 is 0 Å². The molecular weight excluding hydrogens is 548 g/mol. The van der Waals surface area contributed by atoms with E-state index in [1.165, 1.54) is 4.68 Å². The number of rotatable bonds is 6. The van der Waals surface area contributed by atoms with Crippen molar-refractivity contribution in [1.82, 2.24) is 15.1 Å². The summed E-state index contributed by atoms with van der Waals surface area (Å²) in [7, 11) is -2.51. The third-order valence-corrected chi connectivity index (χ3v) is 10.3. The van der Waals surface area contributed by atoms with E-state index in [2.05, 4.69) is 16.3 Å². The number of aromatic nitrogens is 2. The number of benzene rings is 2. The summed E-state index contributed by atoms with van der Waals surface area (Å²) in [5.41, 5.74) is 2.38. The quantitative estimate of drug-likeness (QED) is 0.337. The number of anilines is 1. The van der Waals surface area contributed by atoms with Crippen molar-refractivity contribution in [1.29, 1.82) is 5.26 Å². The van der Waals surface area contributed by atoms with Crippen LogP contribution in [-0.4, -0.2) is 54.9 Å². The van der Waals surface area contributed by atoms with Crippen molar-refractivity contribution in [3.05, 3.63) is 66.0 Å². The van der Waals surface area contributed by atoms with Gasteiger partial charge in [0.05, 0.1) is 23.3 Å². The Morgan fingerprint density at radius 2 is 1.78 bits per heavy atom. The molecule has 216 valence electrons. The van der Waals surface area contributed by atoms with Crippen molar-refractivity contribution in [2.75, 3.05) is 29.5 Å². The fourth-order valence-electron chi connectivity index (χ4n) is 6.00. The van der Waals surface area contributed by atoms with Gasteiger partial charge in [-0.15, -0.1) is 0 Å². The molecule has 6 rings (SSSR count). The van der Waals surface area contributed by atoms with Crippen LogP contribution in [0.4, 0.5) is 14.5 Å². The van der Waals surface area contributed by atoms with Crippen molar-refractivity contribution in [3.8, 4) is 22.9 Å². The van der Waals surface area contributed by atoms with Crippen molar-refractivity contribution in [2.45, 2.75) is 50.0 Å². The minimum atomic E-state index is -2.51.